The number of pyridine rings is 2. The van der Waals surface area contributed by atoms with Crippen LogP contribution in [0.3, 0.4) is 0 Å². The summed E-state index contributed by atoms with van der Waals surface area (Å²) in [6.07, 6.45) is 3.59. The molecule has 0 amide bonds. The molecule has 7 rings (SSSR count). The third-order valence-corrected chi connectivity index (χ3v) is 6.11. The molecule has 3 aromatic heterocycles. The zero-order chi connectivity index (χ0) is 24.9. The number of nitrogens with zero attached hydrogens (tertiary/aromatic N) is 2. The minimum atomic E-state index is 0. The average molecular weight is 667 g/mol. The van der Waals surface area contributed by atoms with Crippen molar-refractivity contribution >= 4 is 21.9 Å². The van der Waals surface area contributed by atoms with Crippen molar-refractivity contribution in [1.82, 2.24) is 9.97 Å². The Morgan fingerprint density at radius 2 is 1.24 bits per heavy atom. The molecule has 185 valence electrons. The van der Waals surface area contributed by atoms with Crippen LogP contribution in [0, 0.1) is 12.1 Å². The monoisotopic (exact) mass is 667 g/mol. The molecule has 1 radical (unpaired) electrons. The summed E-state index contributed by atoms with van der Waals surface area (Å²) in [6, 6.07) is 46.7. The second-order valence-electron chi connectivity index (χ2n) is 8.48. The fraction of sp³-hybridized carbons (Fsp3) is 0. The Labute approximate surface area is 235 Å². The van der Waals surface area contributed by atoms with Crippen LogP contribution in [0.2, 0.25) is 0 Å². The van der Waals surface area contributed by atoms with Gasteiger partial charge in [0, 0.05) is 37.9 Å². The van der Waals surface area contributed by atoms with Crippen molar-refractivity contribution in [3.63, 3.8) is 0 Å². The Morgan fingerprint density at radius 3 is 2.00 bits per heavy atom. The van der Waals surface area contributed by atoms with Crippen LogP contribution in [0.1, 0.15) is 0 Å². The third-order valence-electron chi connectivity index (χ3n) is 6.11. The second-order valence-corrected chi connectivity index (χ2v) is 8.48. The zero-order valence-corrected chi connectivity index (χ0v) is 22.7. The summed E-state index contributed by atoms with van der Waals surface area (Å²) < 4.78 is 5.97. The molecule has 0 aliphatic carbocycles. The number of hydrogen-bond donors (Lipinski definition) is 0. The van der Waals surface area contributed by atoms with E-state index in [-0.39, 0.29) is 20.1 Å². The molecule has 0 bridgehead atoms. The molecule has 4 heteroatoms. The van der Waals surface area contributed by atoms with E-state index in [2.05, 4.69) is 52.4 Å². The van der Waals surface area contributed by atoms with Crippen molar-refractivity contribution in [2.75, 3.05) is 0 Å². The van der Waals surface area contributed by atoms with Gasteiger partial charge in [-0.3, -0.25) is 0 Å². The number of benzene rings is 4. The predicted molar refractivity (Wildman–Crippen MR) is 150 cm³/mol. The topological polar surface area (TPSA) is 38.9 Å². The fourth-order valence-electron chi connectivity index (χ4n) is 4.34. The molecule has 3 heterocycles. The van der Waals surface area contributed by atoms with Gasteiger partial charge in [0.05, 0.1) is 5.58 Å². The molecular weight excluding hydrogens is 645 g/mol. The first-order valence-corrected chi connectivity index (χ1v) is 12.1. The largest absolute Gasteiger partial charge is 0.501 e. The molecular formula is C34H22IrN2O-2. The van der Waals surface area contributed by atoms with Crippen molar-refractivity contribution in [1.29, 1.82) is 0 Å². The van der Waals surface area contributed by atoms with Gasteiger partial charge >= 0.3 is 0 Å². The van der Waals surface area contributed by atoms with Crippen LogP contribution in [-0.2, 0) is 20.1 Å². The summed E-state index contributed by atoms with van der Waals surface area (Å²) in [5.74, 6) is 0. The molecule has 0 saturated carbocycles. The van der Waals surface area contributed by atoms with Crippen molar-refractivity contribution in [2.45, 2.75) is 0 Å². The molecule has 0 spiro atoms. The maximum absolute atomic E-state index is 5.97. The third kappa shape index (κ3) is 5.33. The summed E-state index contributed by atoms with van der Waals surface area (Å²) in [5, 5.41) is 2.23. The number of rotatable bonds is 3. The van der Waals surface area contributed by atoms with Crippen LogP contribution in [0.15, 0.2) is 138 Å². The van der Waals surface area contributed by atoms with E-state index >= 15 is 0 Å². The van der Waals surface area contributed by atoms with E-state index in [4.69, 9.17) is 4.42 Å². The Morgan fingerprint density at radius 1 is 0.553 bits per heavy atom. The molecule has 0 N–H and O–H groups in total. The summed E-state index contributed by atoms with van der Waals surface area (Å²) in [6.45, 7) is 0. The van der Waals surface area contributed by atoms with Gasteiger partial charge < -0.3 is 14.4 Å². The van der Waals surface area contributed by atoms with Crippen molar-refractivity contribution in [3.05, 3.63) is 146 Å². The van der Waals surface area contributed by atoms with Gasteiger partial charge in [-0.25, -0.2) is 0 Å². The van der Waals surface area contributed by atoms with E-state index in [0.29, 0.717) is 0 Å². The van der Waals surface area contributed by atoms with Crippen LogP contribution in [-0.4, -0.2) is 9.97 Å². The van der Waals surface area contributed by atoms with Gasteiger partial charge in [-0.1, -0.05) is 83.7 Å². The van der Waals surface area contributed by atoms with Crippen LogP contribution in [0.25, 0.3) is 55.6 Å². The molecule has 0 aliphatic heterocycles. The Hall–Kier alpha value is -4.37. The van der Waals surface area contributed by atoms with Gasteiger partial charge in [-0.2, -0.15) is 0 Å². The smallest absolute Gasteiger partial charge is 0.120 e. The maximum Gasteiger partial charge on any atom is 0.120 e. The molecule has 0 unspecified atom stereocenters. The van der Waals surface area contributed by atoms with Crippen LogP contribution in [0.5, 0.6) is 0 Å². The standard InChI is InChI=1S/C17H10NO.C17H12N.Ir/c1-2-10-16-12(6-1)13-7-5-8-14(17(13)19-16)15-9-3-4-11-18-15;1-2-7-14(8-3-1)15-9-6-10-16(13-15)17-11-4-5-12-18-17;/h1-7,9-11H;1-9,11-13H;/q2*-1;. The molecule has 0 aliphatic rings. The molecule has 3 nitrogen and oxygen atoms in total. The molecule has 4 aromatic carbocycles. The number of hydrogen-bond acceptors (Lipinski definition) is 3. The van der Waals surface area contributed by atoms with Gasteiger partial charge in [0.25, 0.3) is 0 Å². The summed E-state index contributed by atoms with van der Waals surface area (Å²) >= 11 is 0. The van der Waals surface area contributed by atoms with Crippen LogP contribution >= 0.6 is 0 Å². The quantitative estimate of drug-likeness (QED) is 0.177. The van der Waals surface area contributed by atoms with E-state index in [1.165, 1.54) is 11.1 Å². The summed E-state index contributed by atoms with van der Waals surface area (Å²) in [7, 11) is 0. The molecule has 38 heavy (non-hydrogen) atoms. The molecule has 7 aromatic rings. The van der Waals surface area contributed by atoms with Gasteiger partial charge in [0.2, 0.25) is 0 Å². The zero-order valence-electron chi connectivity index (χ0n) is 20.3. The first-order chi connectivity index (χ1) is 18.4. The van der Waals surface area contributed by atoms with Gasteiger partial charge in [0.15, 0.2) is 0 Å². The number of para-hydroxylation sites is 1. The van der Waals surface area contributed by atoms with Crippen LogP contribution in [0.4, 0.5) is 0 Å². The predicted octanol–water partition coefficient (Wildman–Crippen LogP) is 8.66. The average Bonchev–Trinajstić information content (AvgIpc) is 3.38. The molecule has 0 saturated heterocycles. The number of fused-ring (bicyclic) bond motifs is 3. The Bertz CT molecular complexity index is 1710. The van der Waals surface area contributed by atoms with Gasteiger partial charge in [-0.15, -0.1) is 53.6 Å². The van der Waals surface area contributed by atoms with E-state index in [9.17, 15) is 0 Å². The van der Waals surface area contributed by atoms with E-state index in [1.807, 2.05) is 91.0 Å². The van der Waals surface area contributed by atoms with Gasteiger partial charge in [-0.05, 0) is 35.2 Å². The first kappa shape index (κ1) is 25.3. The fourth-order valence-corrected chi connectivity index (χ4v) is 4.34. The molecule has 0 atom stereocenters. The minimum absolute atomic E-state index is 0. The molecule has 0 fully saturated rings. The first-order valence-electron chi connectivity index (χ1n) is 12.1. The second kappa shape index (κ2) is 11.8. The van der Waals surface area contributed by atoms with E-state index in [1.54, 1.807) is 12.4 Å². The Balaban J connectivity index is 0.000000151. The summed E-state index contributed by atoms with van der Waals surface area (Å²) in [5.41, 5.74) is 7.92. The normalized spacial score (nSPS) is 10.4. The van der Waals surface area contributed by atoms with Crippen molar-refractivity contribution in [2.24, 2.45) is 0 Å². The minimum Gasteiger partial charge on any atom is -0.501 e. The SMILES string of the molecule is [Ir].[c-]1ccc(-c2ccccc2)cc1-c1ccccn1.[c-]1ccc2c(oc3ccccc32)c1-c1ccccn1. The van der Waals surface area contributed by atoms with Crippen molar-refractivity contribution in [3.8, 4) is 33.6 Å². The van der Waals surface area contributed by atoms with Crippen LogP contribution < -0.4 is 0 Å². The number of furan rings is 1. The van der Waals surface area contributed by atoms with Crippen molar-refractivity contribution < 1.29 is 24.5 Å². The Kier molecular flexibility index (Phi) is 7.84. The van der Waals surface area contributed by atoms with Gasteiger partial charge in [0.1, 0.15) is 5.58 Å². The maximum atomic E-state index is 5.97. The number of aromatic nitrogens is 2. The van der Waals surface area contributed by atoms with E-state index < -0.39 is 0 Å². The summed E-state index contributed by atoms with van der Waals surface area (Å²) in [4.78, 5) is 8.73. The van der Waals surface area contributed by atoms with E-state index in [0.717, 1.165) is 44.5 Å².